The van der Waals surface area contributed by atoms with Crippen LogP contribution in [0.3, 0.4) is 0 Å². The van der Waals surface area contributed by atoms with Crippen LogP contribution in [0.4, 0.5) is 18.9 Å². The minimum Gasteiger partial charge on any atom is -0.276 e. The summed E-state index contributed by atoms with van der Waals surface area (Å²) in [6, 6.07) is 14.5. The fourth-order valence-corrected chi connectivity index (χ4v) is 2.60. The Balaban J connectivity index is 2.18. The topological polar surface area (TPSA) is 46.2 Å². The molecule has 3 nitrogen and oxygen atoms in total. The Morgan fingerprint density at radius 3 is 1.91 bits per heavy atom. The van der Waals surface area contributed by atoms with Crippen molar-refractivity contribution in [2.45, 2.75) is 10.9 Å². The van der Waals surface area contributed by atoms with Crippen molar-refractivity contribution in [3.05, 3.63) is 65.7 Å². The summed E-state index contributed by atoms with van der Waals surface area (Å²) in [5.74, 6) is 0. The van der Waals surface area contributed by atoms with Crippen LogP contribution in [0.2, 0.25) is 0 Å². The fourth-order valence-electron chi connectivity index (χ4n) is 1.75. The van der Waals surface area contributed by atoms with E-state index in [2.05, 4.69) is 0 Å². The highest BCUT2D eigenvalue weighted by molar-refractivity contribution is 7.93. The summed E-state index contributed by atoms with van der Waals surface area (Å²) >= 11 is 6.27. The predicted molar refractivity (Wildman–Crippen MR) is 79.2 cm³/mol. The molecule has 0 radical (unpaired) electrons. The molecule has 0 fully saturated rings. The van der Waals surface area contributed by atoms with Gasteiger partial charge in [0, 0.05) is 5.69 Å². The molecule has 2 rings (SSSR count). The number of anilines is 1. The second-order valence-electron chi connectivity index (χ2n) is 4.45. The van der Waals surface area contributed by atoms with Crippen molar-refractivity contribution >= 4 is 27.3 Å². The van der Waals surface area contributed by atoms with E-state index < -0.39 is 20.9 Å². The maximum atomic E-state index is 12.3. The van der Waals surface area contributed by atoms with E-state index in [1.165, 1.54) is 29.0 Å². The Bertz CT molecular complexity index is 731. The van der Waals surface area contributed by atoms with E-state index in [0.717, 1.165) is 5.56 Å². The van der Waals surface area contributed by atoms with Gasteiger partial charge < -0.3 is 0 Å². The summed E-state index contributed by atoms with van der Waals surface area (Å²) in [6.07, 6.45) is 0. The van der Waals surface area contributed by atoms with Gasteiger partial charge in [-0.15, -0.1) is 11.6 Å². The zero-order chi connectivity index (χ0) is 16.4. The first-order chi connectivity index (χ1) is 10.2. The van der Waals surface area contributed by atoms with Crippen molar-refractivity contribution in [1.82, 2.24) is 0 Å². The maximum Gasteiger partial charge on any atom is 0.516 e. The third kappa shape index (κ3) is 3.72. The number of benzene rings is 2. The highest BCUT2D eigenvalue weighted by atomic mass is 35.5. The van der Waals surface area contributed by atoms with E-state index in [0.29, 0.717) is 5.56 Å². The summed E-state index contributed by atoms with van der Waals surface area (Å²) in [5.41, 5.74) is -4.07. The average molecular weight is 350 g/mol. The quantitative estimate of drug-likeness (QED) is 0.837. The Kier molecular flexibility index (Phi) is 4.67. The molecule has 1 atom stereocenters. The largest absolute Gasteiger partial charge is 0.516 e. The van der Waals surface area contributed by atoms with Crippen molar-refractivity contribution < 1.29 is 21.6 Å². The lowest BCUT2D eigenvalue weighted by molar-refractivity contribution is -0.0429. The van der Waals surface area contributed by atoms with Gasteiger partial charge in [0.1, 0.15) is 0 Å². The van der Waals surface area contributed by atoms with Gasteiger partial charge in [0.2, 0.25) is 0 Å². The first-order valence-electron chi connectivity index (χ1n) is 6.09. The molecule has 0 amide bonds. The molecule has 0 aliphatic rings. The molecule has 1 N–H and O–H groups in total. The Morgan fingerprint density at radius 1 is 0.909 bits per heavy atom. The third-order valence-corrected chi connectivity index (χ3v) is 4.47. The Morgan fingerprint density at radius 2 is 1.41 bits per heavy atom. The molecule has 1 unspecified atom stereocenters. The van der Waals surface area contributed by atoms with E-state index in [1.54, 1.807) is 0 Å². The zero-order valence-corrected chi connectivity index (χ0v) is 12.6. The molecule has 0 aliphatic heterocycles. The monoisotopic (exact) mass is 349 g/mol. The summed E-state index contributed by atoms with van der Waals surface area (Å²) in [6.45, 7) is 0. The highest BCUT2D eigenvalue weighted by Crippen LogP contribution is 2.30. The van der Waals surface area contributed by atoms with Crippen LogP contribution in [0.1, 0.15) is 16.5 Å². The van der Waals surface area contributed by atoms with Gasteiger partial charge in [0.15, 0.2) is 0 Å². The minimum atomic E-state index is -5.42. The molecule has 118 valence electrons. The van der Waals surface area contributed by atoms with Crippen molar-refractivity contribution in [3.8, 4) is 0 Å². The van der Waals surface area contributed by atoms with Gasteiger partial charge in [0.05, 0.1) is 5.38 Å². The number of alkyl halides is 4. The first-order valence-corrected chi connectivity index (χ1v) is 8.01. The maximum absolute atomic E-state index is 12.3. The van der Waals surface area contributed by atoms with Crippen LogP contribution in [-0.2, 0) is 10.0 Å². The smallest absolute Gasteiger partial charge is 0.276 e. The number of nitrogens with one attached hydrogen (secondary N) is 1. The van der Waals surface area contributed by atoms with Crippen LogP contribution in [0.5, 0.6) is 0 Å². The highest BCUT2D eigenvalue weighted by Gasteiger charge is 2.46. The van der Waals surface area contributed by atoms with E-state index >= 15 is 0 Å². The molecule has 0 saturated carbocycles. The van der Waals surface area contributed by atoms with E-state index in [1.807, 2.05) is 30.3 Å². The van der Waals surface area contributed by atoms with Crippen molar-refractivity contribution in [1.29, 1.82) is 0 Å². The van der Waals surface area contributed by atoms with Gasteiger partial charge in [-0.05, 0) is 23.3 Å². The van der Waals surface area contributed by atoms with Gasteiger partial charge in [0.25, 0.3) is 0 Å². The molecule has 0 heterocycles. The zero-order valence-electron chi connectivity index (χ0n) is 11.0. The van der Waals surface area contributed by atoms with Gasteiger partial charge >= 0.3 is 15.5 Å². The summed E-state index contributed by atoms with van der Waals surface area (Å²) in [4.78, 5) is 0. The molecule has 22 heavy (non-hydrogen) atoms. The molecule has 8 heteroatoms. The standard InChI is InChI=1S/C14H11ClF3NO2S/c15-13(10-4-2-1-3-5-10)11-6-8-12(9-7-11)19-22(20,21)14(16,17)18/h1-9,13,19H. The van der Waals surface area contributed by atoms with Gasteiger partial charge in [-0.25, -0.2) is 0 Å². The Labute approximate surface area is 130 Å². The van der Waals surface area contributed by atoms with Crippen molar-refractivity contribution in [2.75, 3.05) is 4.72 Å². The van der Waals surface area contributed by atoms with Gasteiger partial charge in [-0.1, -0.05) is 42.5 Å². The predicted octanol–water partition coefficient (Wildman–Crippen LogP) is 4.28. The Hall–Kier alpha value is -1.73. The van der Waals surface area contributed by atoms with Crippen LogP contribution >= 0.6 is 11.6 Å². The van der Waals surface area contributed by atoms with Crippen molar-refractivity contribution in [3.63, 3.8) is 0 Å². The number of hydrogen-bond acceptors (Lipinski definition) is 2. The van der Waals surface area contributed by atoms with Crippen LogP contribution < -0.4 is 4.72 Å². The summed E-state index contributed by atoms with van der Waals surface area (Å²) in [5, 5.41) is -0.477. The fraction of sp³-hybridized carbons (Fsp3) is 0.143. The number of hydrogen-bond donors (Lipinski definition) is 1. The minimum absolute atomic E-state index is 0.182. The van der Waals surface area contributed by atoms with Gasteiger partial charge in [-0.2, -0.15) is 21.6 Å². The molecular formula is C14H11ClF3NO2S. The van der Waals surface area contributed by atoms with E-state index in [-0.39, 0.29) is 5.69 Å². The third-order valence-electron chi connectivity index (χ3n) is 2.85. The lowest BCUT2D eigenvalue weighted by Gasteiger charge is -2.13. The summed E-state index contributed by atoms with van der Waals surface area (Å²) < 4.78 is 60.3. The molecule has 0 aromatic heterocycles. The molecule has 2 aromatic carbocycles. The van der Waals surface area contributed by atoms with Crippen LogP contribution in [0.25, 0.3) is 0 Å². The van der Waals surface area contributed by atoms with Crippen LogP contribution in [-0.4, -0.2) is 13.9 Å². The van der Waals surface area contributed by atoms with E-state index in [9.17, 15) is 21.6 Å². The number of halogens is 4. The normalized spacial score (nSPS) is 13.6. The average Bonchev–Trinajstić information content (AvgIpc) is 2.47. The number of rotatable bonds is 4. The molecule has 0 saturated heterocycles. The van der Waals surface area contributed by atoms with Crippen LogP contribution in [0, 0.1) is 0 Å². The van der Waals surface area contributed by atoms with Crippen molar-refractivity contribution in [2.24, 2.45) is 0 Å². The second-order valence-corrected chi connectivity index (χ2v) is 6.56. The summed E-state index contributed by atoms with van der Waals surface area (Å²) in [7, 11) is -5.42. The van der Waals surface area contributed by atoms with Crippen LogP contribution in [0.15, 0.2) is 54.6 Å². The molecule has 0 aliphatic carbocycles. The molecular weight excluding hydrogens is 339 g/mol. The lowest BCUT2D eigenvalue weighted by Crippen LogP contribution is -2.29. The molecule has 0 bridgehead atoms. The van der Waals surface area contributed by atoms with Gasteiger partial charge in [-0.3, -0.25) is 4.72 Å². The lowest BCUT2D eigenvalue weighted by atomic mass is 10.0. The molecule has 2 aromatic rings. The second kappa shape index (κ2) is 6.18. The number of sulfonamides is 1. The van der Waals surface area contributed by atoms with E-state index in [4.69, 9.17) is 11.6 Å². The molecule has 0 spiro atoms. The SMILES string of the molecule is O=S(=O)(Nc1ccc(C(Cl)c2ccccc2)cc1)C(F)(F)F. The first kappa shape index (κ1) is 16.6.